The average molecular weight is 273 g/mol. The van der Waals surface area contributed by atoms with Gasteiger partial charge in [-0.3, -0.25) is 0 Å². The summed E-state index contributed by atoms with van der Waals surface area (Å²) in [4.78, 5) is 0. The molecule has 0 aliphatic heterocycles. The topological polar surface area (TPSA) is 31.5 Å². The fraction of sp³-hybridized carbons (Fsp3) is 0. The standard InChI is InChI=1S/Ag.In.H2O.S/h;;1H2;. The molecule has 0 aromatic carbocycles. The molecule has 0 aromatic rings. The van der Waals surface area contributed by atoms with Crippen molar-refractivity contribution in [1.29, 1.82) is 0 Å². The van der Waals surface area contributed by atoms with Gasteiger partial charge in [-0.25, -0.2) is 0 Å². The Balaban J connectivity index is 0. The van der Waals surface area contributed by atoms with Crippen molar-refractivity contribution in [2.75, 3.05) is 0 Å². The van der Waals surface area contributed by atoms with E-state index in [1.54, 1.807) is 0 Å². The van der Waals surface area contributed by atoms with Gasteiger partial charge in [0.1, 0.15) is 0 Å². The zero-order valence-electron chi connectivity index (χ0n) is 1.79. The third-order valence-corrected chi connectivity index (χ3v) is 0. The second-order valence-electron chi connectivity index (χ2n) is 0. The van der Waals surface area contributed by atoms with E-state index in [0.717, 1.165) is 0 Å². The van der Waals surface area contributed by atoms with Crippen LogP contribution in [0.25, 0.3) is 0 Å². The Labute approximate surface area is 66.6 Å². The van der Waals surface area contributed by atoms with Crippen molar-refractivity contribution in [3.63, 3.8) is 0 Å². The van der Waals surface area contributed by atoms with Crippen molar-refractivity contribution < 1.29 is 27.9 Å². The molecule has 0 atom stereocenters. The second kappa shape index (κ2) is 20.5. The van der Waals surface area contributed by atoms with E-state index in [-0.39, 0.29) is 67.2 Å². The third-order valence-electron chi connectivity index (χ3n) is 0. The summed E-state index contributed by atoms with van der Waals surface area (Å²) < 4.78 is 0. The molecule has 0 bridgehead atoms. The molecule has 28 valence electrons. The smallest absolute Gasteiger partial charge is 0 e. The molecule has 0 fully saturated rings. The first-order chi connectivity index (χ1) is 0. The Morgan fingerprint density at radius 1 is 1.00 bits per heavy atom. The van der Waals surface area contributed by atoms with E-state index in [0.29, 0.717) is 0 Å². The summed E-state index contributed by atoms with van der Waals surface area (Å²) in [7, 11) is 0. The molecule has 0 amide bonds. The molecular formula is H2AgInOS. The van der Waals surface area contributed by atoms with Crippen LogP contribution in [0.5, 0.6) is 0 Å². The predicted octanol–water partition coefficient (Wildman–Crippen LogP) is -0.560. The van der Waals surface area contributed by atoms with Gasteiger partial charge in [0.05, 0.1) is 0 Å². The van der Waals surface area contributed by atoms with Gasteiger partial charge in [-0.05, 0) is 0 Å². The molecule has 0 unspecified atom stereocenters. The van der Waals surface area contributed by atoms with E-state index in [1.807, 2.05) is 0 Å². The molecule has 0 rings (SSSR count). The first-order valence-electron chi connectivity index (χ1n) is 0. The summed E-state index contributed by atoms with van der Waals surface area (Å²) in [6.07, 6.45) is 0. The summed E-state index contributed by atoms with van der Waals surface area (Å²) in [5.74, 6) is 0. The van der Waals surface area contributed by atoms with E-state index in [4.69, 9.17) is 0 Å². The van der Waals surface area contributed by atoms with Gasteiger partial charge in [-0.2, -0.15) is 0 Å². The van der Waals surface area contributed by atoms with Crippen LogP contribution in [0.2, 0.25) is 0 Å². The van der Waals surface area contributed by atoms with Gasteiger partial charge < -0.3 is 5.48 Å². The average Bonchev–Trinajstić information content (AvgIpc) is 0. The Morgan fingerprint density at radius 3 is 1.00 bits per heavy atom. The fourth-order valence-electron chi connectivity index (χ4n) is 0. The van der Waals surface area contributed by atoms with E-state index in [1.165, 1.54) is 0 Å². The van der Waals surface area contributed by atoms with E-state index in [2.05, 4.69) is 0 Å². The maximum absolute atomic E-state index is 0. The largest absolute Gasteiger partial charge is 0.412 e. The molecule has 4 heavy (non-hydrogen) atoms. The van der Waals surface area contributed by atoms with Crippen molar-refractivity contribution in [3.8, 4) is 0 Å². The third kappa shape index (κ3) is 9.07. The summed E-state index contributed by atoms with van der Waals surface area (Å²) in [5, 5.41) is 0. The van der Waals surface area contributed by atoms with Crippen LogP contribution in [0.3, 0.4) is 0 Å². The minimum atomic E-state index is 0. The molecule has 0 saturated heterocycles. The molecule has 1 nitrogen and oxygen atoms in total. The Morgan fingerprint density at radius 2 is 1.00 bits per heavy atom. The molecule has 0 saturated carbocycles. The minimum Gasteiger partial charge on any atom is -0.412 e. The van der Waals surface area contributed by atoms with Crippen LogP contribution in [0.1, 0.15) is 0 Å². The number of hydrogen-bond acceptors (Lipinski definition) is 0. The molecule has 0 aliphatic carbocycles. The van der Waals surface area contributed by atoms with Crippen LogP contribution >= 0.6 is 13.5 Å². The molecular weight excluding hydrogens is 271 g/mol. The molecule has 0 aromatic heterocycles. The minimum absolute atomic E-state index is 0. The molecule has 2 N–H and O–H groups in total. The Hall–Kier alpha value is 1.92. The van der Waals surface area contributed by atoms with Crippen molar-refractivity contribution >= 4 is 39.3 Å². The van der Waals surface area contributed by atoms with Gasteiger partial charge in [0.15, 0.2) is 0 Å². The van der Waals surface area contributed by atoms with Crippen LogP contribution < -0.4 is 0 Å². The number of hydrogen-bond donors (Lipinski definition) is 0. The quantitative estimate of drug-likeness (QED) is 0.530. The predicted molar refractivity (Wildman–Crippen MR) is 17.0 cm³/mol. The molecule has 0 spiro atoms. The van der Waals surface area contributed by atoms with Gasteiger partial charge in [0.25, 0.3) is 0 Å². The summed E-state index contributed by atoms with van der Waals surface area (Å²) in [6, 6.07) is 0. The van der Waals surface area contributed by atoms with E-state index >= 15 is 0 Å². The fourth-order valence-corrected chi connectivity index (χ4v) is 0. The van der Waals surface area contributed by atoms with Crippen molar-refractivity contribution in [2.45, 2.75) is 0 Å². The van der Waals surface area contributed by atoms with Gasteiger partial charge in [0.2, 0.25) is 0 Å². The van der Waals surface area contributed by atoms with Crippen molar-refractivity contribution in [3.05, 3.63) is 0 Å². The van der Waals surface area contributed by atoms with Crippen LogP contribution in [-0.2, 0) is 22.4 Å². The van der Waals surface area contributed by atoms with Crippen LogP contribution in [0.4, 0.5) is 0 Å². The maximum atomic E-state index is 0. The SMILES string of the molecule is O.[Ag].[In].[S]. The molecule has 4 heteroatoms. The van der Waals surface area contributed by atoms with Gasteiger partial charge in [-0.15, -0.1) is 0 Å². The van der Waals surface area contributed by atoms with Crippen LogP contribution in [0.15, 0.2) is 0 Å². The normalized spacial score (nSPS) is 0. The van der Waals surface area contributed by atoms with Crippen molar-refractivity contribution in [2.24, 2.45) is 0 Å². The van der Waals surface area contributed by atoms with Crippen molar-refractivity contribution in [1.82, 2.24) is 0 Å². The summed E-state index contributed by atoms with van der Waals surface area (Å²) in [5.41, 5.74) is 0. The van der Waals surface area contributed by atoms with Crippen LogP contribution in [-0.4, -0.2) is 31.3 Å². The molecule has 0 heterocycles. The maximum Gasteiger partial charge on any atom is 0 e. The Bertz CT molecular complexity index is 8.00. The van der Waals surface area contributed by atoms with E-state index < -0.39 is 0 Å². The zero-order valence-corrected chi connectivity index (χ0v) is 7.38. The van der Waals surface area contributed by atoms with E-state index in [9.17, 15) is 0 Å². The first-order valence-corrected chi connectivity index (χ1v) is 0. The Kier molecular flexibility index (Phi) is 199. The summed E-state index contributed by atoms with van der Waals surface area (Å²) >= 11 is 0. The van der Waals surface area contributed by atoms with Gasteiger partial charge in [-0.1, -0.05) is 0 Å². The second-order valence-corrected chi connectivity index (χ2v) is 0. The van der Waals surface area contributed by atoms with Crippen LogP contribution in [0, 0.1) is 0 Å². The zero-order chi connectivity index (χ0) is 0. The number of rotatable bonds is 0. The van der Waals surface area contributed by atoms with Gasteiger partial charge >= 0.3 is 0 Å². The summed E-state index contributed by atoms with van der Waals surface area (Å²) in [6.45, 7) is 0. The molecule has 6 radical (unpaired) electrons. The first kappa shape index (κ1) is 38.9. The van der Waals surface area contributed by atoms with Gasteiger partial charge in [0, 0.05) is 61.7 Å². The monoisotopic (exact) mass is 272 g/mol. The molecule has 0 aliphatic rings.